The van der Waals surface area contributed by atoms with Crippen LogP contribution in [0, 0.1) is 0 Å². The molecule has 0 saturated heterocycles. The highest BCUT2D eigenvalue weighted by Gasteiger charge is 2.16. The topological polar surface area (TPSA) is 73.6 Å². The molecule has 0 bridgehead atoms. The molecular formula is C12H13FN2O3. The molecule has 96 valence electrons. The van der Waals surface area contributed by atoms with Crippen molar-refractivity contribution >= 4 is 11.6 Å². The van der Waals surface area contributed by atoms with Gasteiger partial charge < -0.3 is 20.5 Å². The van der Waals surface area contributed by atoms with Gasteiger partial charge >= 0.3 is 0 Å². The van der Waals surface area contributed by atoms with Crippen molar-refractivity contribution in [2.75, 3.05) is 25.1 Å². The molecule has 6 heteroatoms. The molecule has 0 radical (unpaired) electrons. The summed E-state index contributed by atoms with van der Waals surface area (Å²) in [6, 6.07) is 4.99. The zero-order chi connectivity index (χ0) is 13.0. The van der Waals surface area contributed by atoms with Crippen molar-refractivity contribution < 1.29 is 18.7 Å². The van der Waals surface area contributed by atoms with Crippen LogP contribution in [0.5, 0.6) is 11.5 Å². The third-order valence-corrected chi connectivity index (χ3v) is 2.42. The Balaban J connectivity index is 2.07. The van der Waals surface area contributed by atoms with Crippen LogP contribution in [0.25, 0.3) is 0 Å². The van der Waals surface area contributed by atoms with Gasteiger partial charge in [-0.05, 0) is 12.1 Å². The molecule has 0 aromatic heterocycles. The van der Waals surface area contributed by atoms with Gasteiger partial charge in [0.2, 0.25) is 0 Å². The van der Waals surface area contributed by atoms with Crippen LogP contribution in [0.3, 0.4) is 0 Å². The largest absolute Gasteiger partial charge is 0.489 e. The van der Waals surface area contributed by atoms with E-state index in [9.17, 15) is 9.18 Å². The number of ether oxygens (including phenoxy) is 2. The van der Waals surface area contributed by atoms with E-state index in [-0.39, 0.29) is 25.7 Å². The number of nitrogens with one attached hydrogen (secondary N) is 1. The average molecular weight is 252 g/mol. The maximum absolute atomic E-state index is 12.3. The van der Waals surface area contributed by atoms with Gasteiger partial charge in [0.05, 0.1) is 12.0 Å². The fraction of sp³-hybridized carbons (Fsp3) is 0.250. The molecular weight excluding hydrogens is 239 g/mol. The van der Waals surface area contributed by atoms with Crippen LogP contribution in [-0.2, 0) is 4.79 Å². The summed E-state index contributed by atoms with van der Waals surface area (Å²) in [5, 5.41) is 2.66. The number of hydrogen-bond acceptors (Lipinski definition) is 4. The van der Waals surface area contributed by atoms with E-state index in [1.54, 1.807) is 18.2 Å². The van der Waals surface area contributed by atoms with Crippen molar-refractivity contribution in [3.63, 3.8) is 0 Å². The molecule has 5 nitrogen and oxygen atoms in total. The summed E-state index contributed by atoms with van der Waals surface area (Å²) in [5.74, 6) is 0.875. The first-order chi connectivity index (χ1) is 8.72. The van der Waals surface area contributed by atoms with Crippen LogP contribution < -0.4 is 20.5 Å². The van der Waals surface area contributed by atoms with Crippen molar-refractivity contribution in [3.8, 4) is 11.5 Å². The van der Waals surface area contributed by atoms with Crippen molar-refractivity contribution in [3.05, 3.63) is 30.1 Å². The normalized spacial score (nSPS) is 14.6. The summed E-state index contributed by atoms with van der Waals surface area (Å²) >= 11 is 0. The zero-order valence-electron chi connectivity index (χ0n) is 9.61. The first-order valence-electron chi connectivity index (χ1n) is 5.40. The molecule has 1 aromatic rings. The minimum atomic E-state index is -0.217. The molecule has 1 aromatic carbocycles. The predicted octanol–water partition coefficient (Wildman–Crippen LogP) is 1.21. The SMILES string of the molecule is NC/C(=C\F)COc1ccc2c(c1)NC(=O)CO2. The summed E-state index contributed by atoms with van der Waals surface area (Å²) in [7, 11) is 0. The highest BCUT2D eigenvalue weighted by Crippen LogP contribution is 2.31. The lowest BCUT2D eigenvalue weighted by atomic mass is 10.2. The Bertz CT molecular complexity index is 488. The Morgan fingerprint density at radius 1 is 1.61 bits per heavy atom. The van der Waals surface area contributed by atoms with Gasteiger partial charge in [-0.1, -0.05) is 0 Å². The second-order valence-electron chi connectivity index (χ2n) is 3.75. The summed E-state index contributed by atoms with van der Waals surface area (Å²) in [4.78, 5) is 11.1. The fourth-order valence-corrected chi connectivity index (χ4v) is 1.46. The van der Waals surface area contributed by atoms with Crippen molar-refractivity contribution in [1.82, 2.24) is 0 Å². The molecule has 0 aliphatic carbocycles. The molecule has 1 amide bonds. The number of carbonyl (C=O) groups is 1. The maximum atomic E-state index is 12.3. The third-order valence-electron chi connectivity index (χ3n) is 2.42. The van der Waals surface area contributed by atoms with Gasteiger partial charge in [0.1, 0.15) is 18.1 Å². The fourth-order valence-electron chi connectivity index (χ4n) is 1.46. The molecule has 2 rings (SSSR count). The number of nitrogens with two attached hydrogens (primary N) is 1. The van der Waals surface area contributed by atoms with Gasteiger partial charge in [-0.25, -0.2) is 4.39 Å². The van der Waals surface area contributed by atoms with Crippen LogP contribution in [0.4, 0.5) is 10.1 Å². The van der Waals surface area contributed by atoms with Crippen LogP contribution in [-0.4, -0.2) is 25.7 Å². The molecule has 18 heavy (non-hydrogen) atoms. The van der Waals surface area contributed by atoms with E-state index in [0.717, 1.165) is 0 Å². The lowest BCUT2D eigenvalue weighted by Gasteiger charge is -2.18. The minimum Gasteiger partial charge on any atom is -0.489 e. The van der Waals surface area contributed by atoms with E-state index in [4.69, 9.17) is 15.2 Å². The minimum absolute atomic E-state index is 0.00904. The monoisotopic (exact) mass is 252 g/mol. The van der Waals surface area contributed by atoms with Gasteiger partial charge in [-0.2, -0.15) is 0 Å². The van der Waals surface area contributed by atoms with Gasteiger partial charge in [0.15, 0.2) is 6.61 Å². The molecule has 0 spiro atoms. The van der Waals surface area contributed by atoms with Crippen LogP contribution in [0.15, 0.2) is 30.1 Å². The molecule has 1 aliphatic heterocycles. The van der Waals surface area contributed by atoms with Gasteiger partial charge in [-0.15, -0.1) is 0 Å². The number of anilines is 1. The Kier molecular flexibility index (Phi) is 3.78. The lowest BCUT2D eigenvalue weighted by Crippen LogP contribution is -2.25. The van der Waals surface area contributed by atoms with Crippen LogP contribution in [0.1, 0.15) is 0 Å². The zero-order valence-corrected chi connectivity index (χ0v) is 9.61. The van der Waals surface area contributed by atoms with E-state index >= 15 is 0 Å². The summed E-state index contributed by atoms with van der Waals surface area (Å²) in [6.45, 7) is 0.178. The Morgan fingerprint density at radius 2 is 2.44 bits per heavy atom. The lowest BCUT2D eigenvalue weighted by molar-refractivity contribution is -0.118. The van der Waals surface area contributed by atoms with Gasteiger partial charge in [0.25, 0.3) is 5.91 Å². The Labute approximate surface area is 103 Å². The van der Waals surface area contributed by atoms with Crippen molar-refractivity contribution in [2.45, 2.75) is 0 Å². The summed E-state index contributed by atoms with van der Waals surface area (Å²) in [5.41, 5.74) is 6.21. The van der Waals surface area contributed by atoms with E-state index in [0.29, 0.717) is 29.1 Å². The van der Waals surface area contributed by atoms with Gasteiger partial charge in [-0.3, -0.25) is 4.79 Å². The summed E-state index contributed by atoms with van der Waals surface area (Å²) < 4.78 is 22.8. The number of amides is 1. The Morgan fingerprint density at radius 3 is 3.17 bits per heavy atom. The second-order valence-corrected chi connectivity index (χ2v) is 3.75. The van der Waals surface area contributed by atoms with E-state index < -0.39 is 0 Å². The molecule has 0 fully saturated rings. The maximum Gasteiger partial charge on any atom is 0.262 e. The molecule has 0 atom stereocenters. The average Bonchev–Trinajstić information content (AvgIpc) is 2.39. The first-order valence-corrected chi connectivity index (χ1v) is 5.40. The van der Waals surface area contributed by atoms with E-state index in [1.807, 2.05) is 0 Å². The number of fused-ring (bicyclic) bond motifs is 1. The quantitative estimate of drug-likeness (QED) is 0.844. The Hall–Kier alpha value is -2.08. The van der Waals surface area contributed by atoms with Crippen molar-refractivity contribution in [2.24, 2.45) is 5.73 Å². The first kappa shape index (κ1) is 12.4. The number of carbonyl (C=O) groups excluding carboxylic acids is 1. The highest BCUT2D eigenvalue weighted by molar-refractivity contribution is 5.95. The molecule has 0 unspecified atom stereocenters. The van der Waals surface area contributed by atoms with Gasteiger partial charge in [0, 0.05) is 18.2 Å². The number of rotatable bonds is 4. The number of halogens is 1. The summed E-state index contributed by atoms with van der Waals surface area (Å²) in [6.07, 6.45) is 0.434. The highest BCUT2D eigenvalue weighted by atomic mass is 19.1. The third kappa shape index (κ3) is 2.78. The van der Waals surface area contributed by atoms with Crippen LogP contribution >= 0.6 is 0 Å². The smallest absolute Gasteiger partial charge is 0.262 e. The van der Waals surface area contributed by atoms with Crippen molar-refractivity contribution in [1.29, 1.82) is 0 Å². The molecule has 1 aliphatic rings. The van der Waals surface area contributed by atoms with E-state index in [2.05, 4.69) is 5.32 Å². The predicted molar refractivity (Wildman–Crippen MR) is 64.3 cm³/mol. The van der Waals surface area contributed by atoms with Crippen LogP contribution in [0.2, 0.25) is 0 Å². The van der Waals surface area contributed by atoms with E-state index in [1.165, 1.54) is 0 Å². The number of hydrogen-bond donors (Lipinski definition) is 2. The molecule has 1 heterocycles. The second kappa shape index (κ2) is 5.50. The molecule has 0 saturated carbocycles. The number of benzene rings is 1. The molecule has 3 N–H and O–H groups in total. The standard InChI is InChI=1S/C12H13FN2O3/c13-4-8(5-14)6-17-9-1-2-11-10(3-9)15-12(16)7-18-11/h1-4H,5-7,14H2,(H,15,16)/b8-4+.